The van der Waals surface area contributed by atoms with Crippen LogP contribution in [0.15, 0.2) is 35.9 Å². The second-order valence-electron chi connectivity index (χ2n) is 5.07. The van der Waals surface area contributed by atoms with E-state index in [0.717, 1.165) is 35.2 Å². The predicted molar refractivity (Wildman–Crippen MR) is 92.9 cm³/mol. The first-order chi connectivity index (χ1) is 10.2. The van der Waals surface area contributed by atoms with E-state index < -0.39 is 0 Å². The number of nitrogens with zero attached hydrogens (tertiary/aromatic N) is 1. The highest BCUT2D eigenvalue weighted by molar-refractivity contribution is 7.98. The summed E-state index contributed by atoms with van der Waals surface area (Å²) in [6, 6.07) is 6.37. The van der Waals surface area contributed by atoms with Gasteiger partial charge in [0.25, 0.3) is 0 Å². The van der Waals surface area contributed by atoms with Gasteiger partial charge in [-0.25, -0.2) is 4.98 Å². The number of hydrogen-bond donors (Lipinski definition) is 1. The highest BCUT2D eigenvalue weighted by atomic mass is 35.5. The van der Waals surface area contributed by atoms with E-state index in [1.165, 1.54) is 16.1 Å². The van der Waals surface area contributed by atoms with Crippen molar-refractivity contribution in [2.45, 2.75) is 24.7 Å². The Kier molecular flexibility index (Phi) is 3.96. The molecule has 2 heterocycles. The molecule has 4 heteroatoms. The molecule has 1 aromatic heterocycles. The van der Waals surface area contributed by atoms with Crippen molar-refractivity contribution < 1.29 is 0 Å². The van der Waals surface area contributed by atoms with Gasteiger partial charge in [0.15, 0.2) is 0 Å². The van der Waals surface area contributed by atoms with Gasteiger partial charge in [-0.05, 0) is 29.9 Å². The molecule has 2 nitrogen and oxygen atoms in total. The molecule has 0 bridgehead atoms. The SMILES string of the molecule is C=C(CC)c1cnc(Cl)c2c1Nc1c(cccc1SC)C2. The number of anilines is 2. The smallest absolute Gasteiger partial charge is 0.134 e. The highest BCUT2D eigenvalue weighted by Gasteiger charge is 2.23. The minimum absolute atomic E-state index is 0.574. The van der Waals surface area contributed by atoms with Crippen LogP contribution in [0.4, 0.5) is 11.4 Å². The topological polar surface area (TPSA) is 24.9 Å². The summed E-state index contributed by atoms with van der Waals surface area (Å²) in [4.78, 5) is 5.59. The van der Waals surface area contributed by atoms with E-state index in [1.807, 2.05) is 6.20 Å². The van der Waals surface area contributed by atoms with Crippen molar-refractivity contribution >= 4 is 40.3 Å². The van der Waals surface area contributed by atoms with Crippen LogP contribution >= 0.6 is 23.4 Å². The molecule has 1 aliphatic heterocycles. The van der Waals surface area contributed by atoms with Crippen LogP contribution in [0, 0.1) is 0 Å². The number of para-hydroxylation sites is 1. The first-order valence-electron chi connectivity index (χ1n) is 6.94. The van der Waals surface area contributed by atoms with Gasteiger partial charge in [-0.15, -0.1) is 11.8 Å². The third-order valence-electron chi connectivity index (χ3n) is 3.88. The first-order valence-corrected chi connectivity index (χ1v) is 8.54. The van der Waals surface area contributed by atoms with Gasteiger partial charge in [-0.2, -0.15) is 0 Å². The molecule has 0 unspecified atom stereocenters. The number of fused-ring (bicyclic) bond motifs is 2. The summed E-state index contributed by atoms with van der Waals surface area (Å²) >= 11 is 8.06. The molecule has 108 valence electrons. The van der Waals surface area contributed by atoms with Gasteiger partial charge in [0.05, 0.1) is 11.4 Å². The van der Waals surface area contributed by atoms with Gasteiger partial charge < -0.3 is 5.32 Å². The Bertz CT molecular complexity index is 725. The Morgan fingerprint density at radius 3 is 2.95 bits per heavy atom. The van der Waals surface area contributed by atoms with Crippen LogP contribution in [-0.2, 0) is 6.42 Å². The van der Waals surface area contributed by atoms with Crippen molar-refractivity contribution in [2.75, 3.05) is 11.6 Å². The van der Waals surface area contributed by atoms with E-state index in [-0.39, 0.29) is 0 Å². The second kappa shape index (κ2) is 5.74. The Morgan fingerprint density at radius 2 is 2.24 bits per heavy atom. The lowest BCUT2D eigenvalue weighted by Crippen LogP contribution is -2.11. The van der Waals surface area contributed by atoms with Crippen molar-refractivity contribution in [2.24, 2.45) is 0 Å². The number of rotatable bonds is 3. The van der Waals surface area contributed by atoms with Crippen molar-refractivity contribution in [3.05, 3.63) is 52.8 Å². The van der Waals surface area contributed by atoms with Crippen LogP contribution in [0.25, 0.3) is 5.57 Å². The number of allylic oxidation sites excluding steroid dienone is 1. The van der Waals surface area contributed by atoms with Gasteiger partial charge >= 0.3 is 0 Å². The largest absolute Gasteiger partial charge is 0.354 e. The third kappa shape index (κ3) is 2.45. The molecule has 1 N–H and O–H groups in total. The molecule has 0 spiro atoms. The number of nitrogens with one attached hydrogen (secondary N) is 1. The number of benzene rings is 1. The minimum Gasteiger partial charge on any atom is -0.354 e. The molecule has 1 aromatic carbocycles. The van der Waals surface area contributed by atoms with Crippen molar-refractivity contribution in [3.63, 3.8) is 0 Å². The van der Waals surface area contributed by atoms with Crippen molar-refractivity contribution in [3.8, 4) is 0 Å². The number of aromatic nitrogens is 1. The summed E-state index contributed by atoms with van der Waals surface area (Å²) in [5.74, 6) is 0. The fraction of sp³-hybridized carbons (Fsp3) is 0.235. The van der Waals surface area contributed by atoms with Crippen LogP contribution < -0.4 is 5.32 Å². The van der Waals surface area contributed by atoms with E-state index in [0.29, 0.717) is 5.15 Å². The van der Waals surface area contributed by atoms with Crippen LogP contribution in [0.1, 0.15) is 30.0 Å². The second-order valence-corrected chi connectivity index (χ2v) is 6.28. The molecule has 0 aliphatic carbocycles. The fourth-order valence-corrected chi connectivity index (χ4v) is 3.45. The molecule has 0 atom stereocenters. The lowest BCUT2D eigenvalue weighted by molar-refractivity contribution is 1.09. The fourth-order valence-electron chi connectivity index (χ4n) is 2.64. The monoisotopic (exact) mass is 316 g/mol. The van der Waals surface area contributed by atoms with Gasteiger partial charge in [0.1, 0.15) is 5.15 Å². The molecule has 21 heavy (non-hydrogen) atoms. The Balaban J connectivity index is 2.17. The van der Waals surface area contributed by atoms with E-state index in [2.05, 4.69) is 48.3 Å². The summed E-state index contributed by atoms with van der Waals surface area (Å²) in [6.45, 7) is 6.26. The number of halogens is 1. The van der Waals surface area contributed by atoms with Gasteiger partial charge in [-0.3, -0.25) is 0 Å². The van der Waals surface area contributed by atoms with Gasteiger partial charge in [0.2, 0.25) is 0 Å². The third-order valence-corrected chi connectivity index (χ3v) is 4.99. The number of thioether (sulfide) groups is 1. The number of hydrogen-bond acceptors (Lipinski definition) is 3. The number of pyridine rings is 1. The van der Waals surface area contributed by atoms with E-state index in [4.69, 9.17) is 11.6 Å². The molecule has 0 saturated heterocycles. The molecule has 0 fully saturated rings. The van der Waals surface area contributed by atoms with Gasteiger partial charge in [-0.1, -0.05) is 37.2 Å². The summed E-state index contributed by atoms with van der Waals surface area (Å²) in [5.41, 5.74) is 6.72. The maximum Gasteiger partial charge on any atom is 0.134 e. The van der Waals surface area contributed by atoms with E-state index in [9.17, 15) is 0 Å². The molecule has 0 radical (unpaired) electrons. The maximum atomic E-state index is 6.32. The zero-order valence-corrected chi connectivity index (χ0v) is 13.7. The van der Waals surface area contributed by atoms with E-state index >= 15 is 0 Å². The van der Waals surface area contributed by atoms with Crippen molar-refractivity contribution in [1.82, 2.24) is 4.98 Å². The Hall–Kier alpha value is -1.45. The van der Waals surface area contributed by atoms with Gasteiger partial charge in [0, 0.05) is 28.6 Å². The summed E-state index contributed by atoms with van der Waals surface area (Å²) in [5, 5.41) is 4.15. The standard InChI is InChI=1S/C17H17ClN2S/c1-4-10(2)13-9-19-17(18)12-8-11-6-5-7-14(21-3)15(11)20-16(12)13/h5-7,9,20H,2,4,8H2,1,3H3. The van der Waals surface area contributed by atoms with Crippen molar-refractivity contribution in [1.29, 1.82) is 0 Å². The zero-order chi connectivity index (χ0) is 15.0. The lowest BCUT2D eigenvalue weighted by atomic mass is 9.94. The quantitative estimate of drug-likeness (QED) is 0.508. The molecule has 0 amide bonds. The average molecular weight is 317 g/mol. The maximum absolute atomic E-state index is 6.32. The molecular weight excluding hydrogens is 300 g/mol. The summed E-state index contributed by atoms with van der Waals surface area (Å²) in [7, 11) is 0. The first kappa shape index (κ1) is 14.5. The summed E-state index contributed by atoms with van der Waals surface area (Å²) in [6.07, 6.45) is 5.63. The molecule has 3 rings (SSSR count). The predicted octanol–water partition coefficient (Wildman–Crippen LogP) is 5.53. The summed E-state index contributed by atoms with van der Waals surface area (Å²) < 4.78 is 0. The van der Waals surface area contributed by atoms with E-state index in [1.54, 1.807) is 11.8 Å². The Morgan fingerprint density at radius 1 is 1.43 bits per heavy atom. The normalized spacial score (nSPS) is 12.3. The average Bonchev–Trinajstić information content (AvgIpc) is 2.52. The molecular formula is C17H17ClN2S. The van der Waals surface area contributed by atoms with Crippen LogP contribution in [-0.4, -0.2) is 11.2 Å². The molecule has 0 saturated carbocycles. The van der Waals surface area contributed by atoms with Crippen LogP contribution in [0.3, 0.4) is 0 Å². The minimum atomic E-state index is 0.574. The Labute approximate surface area is 134 Å². The zero-order valence-electron chi connectivity index (χ0n) is 12.2. The lowest BCUT2D eigenvalue weighted by Gasteiger charge is -2.26. The van der Waals surface area contributed by atoms with Crippen LogP contribution in [0.2, 0.25) is 5.15 Å². The van der Waals surface area contributed by atoms with Crippen LogP contribution in [0.5, 0.6) is 0 Å². The molecule has 2 aromatic rings. The highest BCUT2D eigenvalue weighted by Crippen LogP contribution is 2.43. The molecule has 1 aliphatic rings.